The fraction of sp³-hybridized carbons (Fsp3) is 0.120. The number of benzene rings is 2. The summed E-state index contributed by atoms with van der Waals surface area (Å²) in [5.41, 5.74) is 4.70. The summed E-state index contributed by atoms with van der Waals surface area (Å²) in [6.07, 6.45) is 3.73. The normalized spacial score (nSPS) is 17.9. The minimum atomic E-state index is -0.448. The summed E-state index contributed by atoms with van der Waals surface area (Å²) in [5, 5.41) is 4.16. The topological polar surface area (TPSA) is 33.1 Å². The van der Waals surface area contributed by atoms with Gasteiger partial charge in [0.25, 0.3) is 0 Å². The number of anilines is 1. The number of pyridine rings is 1. The van der Waals surface area contributed by atoms with Crippen molar-refractivity contribution < 1.29 is 4.39 Å². The van der Waals surface area contributed by atoms with Crippen LogP contribution in [0.5, 0.6) is 0 Å². The number of rotatable bonds is 4. The Morgan fingerprint density at radius 1 is 1.06 bits per heavy atom. The molecule has 2 atom stereocenters. The molecule has 0 spiro atoms. The van der Waals surface area contributed by atoms with Crippen LogP contribution in [-0.2, 0) is 0 Å². The zero-order valence-corrected chi connectivity index (χ0v) is 20.7. The number of hydrogen-bond acceptors (Lipinski definition) is 2. The molecule has 4 nitrogen and oxygen atoms in total. The Balaban J connectivity index is 1.68. The summed E-state index contributed by atoms with van der Waals surface area (Å²) >= 11 is 15.5. The Morgan fingerprint density at radius 2 is 1.88 bits per heavy atom. The zero-order valence-electron chi connectivity index (χ0n) is 17.5. The molecule has 1 aliphatic heterocycles. The third-order valence-corrected chi connectivity index (χ3v) is 7.28. The van der Waals surface area contributed by atoms with Crippen LogP contribution in [0.4, 0.5) is 10.1 Å². The molecule has 0 bridgehead atoms. The van der Waals surface area contributed by atoms with Crippen molar-refractivity contribution in [1.29, 1.82) is 0 Å². The fourth-order valence-corrected chi connectivity index (χ4v) is 4.98. The van der Waals surface area contributed by atoms with Crippen LogP contribution in [0.25, 0.3) is 5.69 Å². The second kappa shape index (κ2) is 8.89. The summed E-state index contributed by atoms with van der Waals surface area (Å²) < 4.78 is 16.9. The van der Waals surface area contributed by atoms with E-state index in [2.05, 4.69) is 44.1 Å². The average molecular weight is 542 g/mol. The van der Waals surface area contributed by atoms with Crippen molar-refractivity contribution in [1.82, 2.24) is 14.9 Å². The van der Waals surface area contributed by atoms with E-state index in [4.69, 9.17) is 23.8 Å². The van der Waals surface area contributed by atoms with Gasteiger partial charge in [0.1, 0.15) is 11.9 Å². The highest BCUT2D eigenvalue weighted by Crippen LogP contribution is 2.43. The summed E-state index contributed by atoms with van der Waals surface area (Å²) in [6, 6.07) is 20.4. The number of nitrogens with one attached hydrogen (secondary N) is 1. The number of hydrogen-bond donors (Lipinski definition) is 1. The van der Waals surface area contributed by atoms with E-state index in [0.717, 1.165) is 32.8 Å². The highest BCUT2D eigenvalue weighted by atomic mass is 79.9. The number of nitrogens with zero attached hydrogens (tertiary/aromatic N) is 3. The Labute approximate surface area is 210 Å². The van der Waals surface area contributed by atoms with Crippen LogP contribution in [0.2, 0.25) is 5.02 Å². The van der Waals surface area contributed by atoms with Gasteiger partial charge in [-0.05, 0) is 85.4 Å². The molecule has 1 N–H and O–H groups in total. The molecule has 0 saturated carbocycles. The molecule has 166 valence electrons. The lowest BCUT2D eigenvalue weighted by atomic mass is 10.0. The van der Waals surface area contributed by atoms with E-state index in [0.29, 0.717) is 5.11 Å². The Hall–Kier alpha value is -2.74. The smallest absolute Gasteiger partial charge is 0.174 e. The number of aryl methyl sites for hydroxylation is 1. The van der Waals surface area contributed by atoms with Crippen molar-refractivity contribution in [3.63, 3.8) is 0 Å². The van der Waals surface area contributed by atoms with Gasteiger partial charge in [-0.15, -0.1) is 0 Å². The minimum Gasteiger partial charge on any atom is -0.351 e. The summed E-state index contributed by atoms with van der Waals surface area (Å²) in [4.78, 5) is 6.72. The van der Waals surface area contributed by atoms with Crippen LogP contribution < -0.4 is 10.2 Å². The second-order valence-corrected chi connectivity index (χ2v) is 9.48. The summed E-state index contributed by atoms with van der Waals surface area (Å²) in [7, 11) is 0. The maximum absolute atomic E-state index is 13.8. The van der Waals surface area contributed by atoms with E-state index in [1.165, 1.54) is 6.07 Å². The van der Waals surface area contributed by atoms with E-state index in [1.807, 2.05) is 53.2 Å². The van der Waals surface area contributed by atoms with Crippen molar-refractivity contribution in [3.8, 4) is 5.69 Å². The largest absolute Gasteiger partial charge is 0.351 e. The van der Waals surface area contributed by atoms with Gasteiger partial charge in [0.05, 0.1) is 16.8 Å². The maximum atomic E-state index is 13.8. The lowest BCUT2D eigenvalue weighted by Gasteiger charge is -2.29. The molecule has 0 amide bonds. The predicted molar refractivity (Wildman–Crippen MR) is 138 cm³/mol. The Bertz CT molecular complexity index is 1340. The first-order valence-electron chi connectivity index (χ1n) is 10.3. The van der Waals surface area contributed by atoms with Crippen molar-refractivity contribution in [2.45, 2.75) is 19.0 Å². The highest BCUT2D eigenvalue weighted by Gasteiger charge is 2.42. The predicted octanol–water partition coefficient (Wildman–Crippen LogP) is 6.91. The number of aromatic nitrogens is 2. The first-order chi connectivity index (χ1) is 15.9. The molecule has 1 saturated heterocycles. The SMILES string of the molecule is Cc1cc(N2C(=S)NC(c3ccccn3)C2c2cccn2-c2ccc(F)c(Cl)c2)ccc1Br. The maximum Gasteiger partial charge on any atom is 0.174 e. The van der Waals surface area contributed by atoms with Crippen molar-refractivity contribution in [2.75, 3.05) is 4.90 Å². The van der Waals surface area contributed by atoms with Gasteiger partial charge in [-0.25, -0.2) is 4.39 Å². The van der Waals surface area contributed by atoms with Gasteiger partial charge in [0.15, 0.2) is 5.11 Å². The van der Waals surface area contributed by atoms with Gasteiger partial charge in [-0.1, -0.05) is 33.6 Å². The van der Waals surface area contributed by atoms with Crippen molar-refractivity contribution >= 4 is 50.5 Å². The molecule has 1 fully saturated rings. The molecule has 1 aliphatic rings. The standard InChI is InChI=1S/C25H19BrClFN4S/c1-15-13-17(7-9-18(15)26)32-24(23(30-25(32)33)21-5-2-3-11-29-21)22-6-4-12-31(22)16-8-10-20(28)19(27)14-16/h2-14,23-24H,1H3,(H,30,33). The van der Waals surface area contributed by atoms with E-state index in [9.17, 15) is 4.39 Å². The summed E-state index contributed by atoms with van der Waals surface area (Å²) in [5.74, 6) is -0.448. The first kappa shape index (κ1) is 22.1. The molecule has 33 heavy (non-hydrogen) atoms. The van der Waals surface area contributed by atoms with Gasteiger partial charge in [-0.3, -0.25) is 4.98 Å². The number of thiocarbonyl (C=S) groups is 1. The van der Waals surface area contributed by atoms with Crippen LogP contribution >= 0.6 is 39.7 Å². The first-order valence-corrected chi connectivity index (χ1v) is 11.9. The van der Waals surface area contributed by atoms with E-state index in [1.54, 1.807) is 18.3 Å². The van der Waals surface area contributed by atoms with E-state index < -0.39 is 5.82 Å². The molecule has 5 rings (SSSR count). The number of halogens is 3. The monoisotopic (exact) mass is 540 g/mol. The molecular weight excluding hydrogens is 523 g/mol. The Morgan fingerprint density at radius 3 is 2.61 bits per heavy atom. The third-order valence-electron chi connectivity index (χ3n) is 5.78. The van der Waals surface area contributed by atoms with Crippen molar-refractivity contribution in [2.24, 2.45) is 0 Å². The molecule has 0 radical (unpaired) electrons. The van der Waals surface area contributed by atoms with Gasteiger partial charge in [0.2, 0.25) is 0 Å². The van der Waals surface area contributed by atoms with Crippen LogP contribution in [0.1, 0.15) is 29.0 Å². The third kappa shape index (κ3) is 4.05. The fourth-order valence-electron chi connectivity index (χ4n) is 4.22. The second-order valence-electron chi connectivity index (χ2n) is 7.83. The van der Waals surface area contributed by atoms with Crippen LogP contribution in [-0.4, -0.2) is 14.7 Å². The van der Waals surface area contributed by atoms with Crippen LogP contribution in [0.3, 0.4) is 0 Å². The summed E-state index contributed by atoms with van der Waals surface area (Å²) in [6.45, 7) is 2.05. The molecule has 2 aromatic heterocycles. The molecule has 2 aromatic carbocycles. The van der Waals surface area contributed by atoms with Gasteiger partial charge >= 0.3 is 0 Å². The van der Waals surface area contributed by atoms with Crippen LogP contribution in [0, 0.1) is 12.7 Å². The van der Waals surface area contributed by atoms with E-state index in [-0.39, 0.29) is 17.1 Å². The molecule has 0 aliphatic carbocycles. The van der Waals surface area contributed by atoms with Crippen LogP contribution in [0.15, 0.2) is 83.6 Å². The quantitative estimate of drug-likeness (QED) is 0.285. The molecule has 2 unspecified atom stereocenters. The average Bonchev–Trinajstić information content (AvgIpc) is 3.42. The molecule has 4 aromatic rings. The minimum absolute atomic E-state index is 0.0777. The van der Waals surface area contributed by atoms with Gasteiger partial charge < -0.3 is 14.8 Å². The van der Waals surface area contributed by atoms with Crippen molar-refractivity contribution in [3.05, 3.63) is 111 Å². The zero-order chi connectivity index (χ0) is 23.1. The van der Waals surface area contributed by atoms with Gasteiger partial charge in [-0.2, -0.15) is 0 Å². The van der Waals surface area contributed by atoms with Gasteiger partial charge in [0, 0.05) is 33.9 Å². The lowest BCUT2D eigenvalue weighted by molar-refractivity contribution is 0.549. The highest BCUT2D eigenvalue weighted by molar-refractivity contribution is 9.10. The Kier molecular flexibility index (Phi) is 5.95. The lowest BCUT2D eigenvalue weighted by Crippen LogP contribution is -2.30. The molecular formula is C25H19BrClFN4S. The molecule has 8 heteroatoms. The van der Waals surface area contributed by atoms with E-state index >= 15 is 0 Å². The molecule has 3 heterocycles.